The van der Waals surface area contributed by atoms with Crippen LogP contribution in [0.2, 0.25) is 0 Å². The maximum Gasteiger partial charge on any atom is 0.223 e. The van der Waals surface area contributed by atoms with Crippen LogP contribution in [0.1, 0.15) is 23.1 Å². The van der Waals surface area contributed by atoms with Crippen molar-refractivity contribution in [3.05, 3.63) is 28.5 Å². The van der Waals surface area contributed by atoms with Gasteiger partial charge in [0.1, 0.15) is 0 Å². The van der Waals surface area contributed by atoms with Crippen molar-refractivity contribution in [3.8, 4) is 0 Å². The Labute approximate surface area is 127 Å². The topological polar surface area (TPSA) is 63.1 Å². The molecule has 1 aliphatic rings. The highest BCUT2D eigenvalue weighted by atomic mass is 32.1. The number of carbonyl (C=O) groups is 1. The monoisotopic (exact) mass is 305 g/mol. The third-order valence-corrected chi connectivity index (χ3v) is 4.62. The Morgan fingerprint density at radius 2 is 2.19 bits per heavy atom. The Kier molecular flexibility index (Phi) is 4.03. The summed E-state index contributed by atoms with van der Waals surface area (Å²) >= 11 is 1.55. The molecule has 0 unspecified atom stereocenters. The number of hydrogen-bond donors (Lipinski definition) is 1. The average molecular weight is 305 g/mol. The van der Waals surface area contributed by atoms with Crippen LogP contribution in [0.3, 0.4) is 0 Å². The van der Waals surface area contributed by atoms with Crippen LogP contribution in [0.15, 0.2) is 12.4 Å². The number of thiazole rings is 1. The van der Waals surface area contributed by atoms with Gasteiger partial charge < -0.3 is 5.32 Å². The van der Waals surface area contributed by atoms with Crippen LogP contribution in [0.4, 0.5) is 5.13 Å². The van der Waals surface area contributed by atoms with Crippen molar-refractivity contribution >= 4 is 22.4 Å². The van der Waals surface area contributed by atoms with Gasteiger partial charge in [-0.2, -0.15) is 5.10 Å². The fraction of sp³-hybridized carbons (Fsp3) is 0.500. The fourth-order valence-electron chi connectivity index (χ4n) is 2.66. The Morgan fingerprint density at radius 1 is 1.38 bits per heavy atom. The summed E-state index contributed by atoms with van der Waals surface area (Å²) in [4.78, 5) is 18.9. The molecule has 112 valence electrons. The van der Waals surface area contributed by atoms with Gasteiger partial charge in [0.2, 0.25) is 5.91 Å². The summed E-state index contributed by atoms with van der Waals surface area (Å²) in [5.41, 5.74) is 2.71. The Morgan fingerprint density at radius 3 is 3.00 bits per heavy atom. The molecule has 7 heteroatoms. The summed E-state index contributed by atoms with van der Waals surface area (Å²) in [7, 11) is 2.01. The lowest BCUT2D eigenvalue weighted by atomic mass is 10.2. The summed E-state index contributed by atoms with van der Waals surface area (Å²) < 4.78 is 1.99. The molecule has 21 heavy (non-hydrogen) atoms. The molecule has 0 saturated heterocycles. The van der Waals surface area contributed by atoms with Gasteiger partial charge in [-0.15, -0.1) is 11.3 Å². The van der Waals surface area contributed by atoms with E-state index in [2.05, 4.69) is 20.3 Å². The van der Waals surface area contributed by atoms with E-state index in [0.29, 0.717) is 5.13 Å². The van der Waals surface area contributed by atoms with Gasteiger partial charge in [-0.1, -0.05) is 0 Å². The van der Waals surface area contributed by atoms with Gasteiger partial charge in [-0.05, 0) is 12.0 Å². The average Bonchev–Trinajstić information content (AvgIpc) is 2.93. The van der Waals surface area contributed by atoms with E-state index < -0.39 is 0 Å². The summed E-state index contributed by atoms with van der Waals surface area (Å²) in [6.45, 7) is 4.45. The quantitative estimate of drug-likeness (QED) is 0.932. The molecule has 2 aromatic rings. The summed E-state index contributed by atoms with van der Waals surface area (Å²) in [6, 6.07) is 0. The van der Waals surface area contributed by atoms with E-state index in [0.717, 1.165) is 32.5 Å². The van der Waals surface area contributed by atoms with Crippen LogP contribution >= 0.6 is 11.3 Å². The van der Waals surface area contributed by atoms with E-state index in [4.69, 9.17) is 0 Å². The van der Waals surface area contributed by atoms with Gasteiger partial charge in [0.15, 0.2) is 5.13 Å². The molecule has 1 aliphatic heterocycles. The largest absolute Gasteiger partial charge is 0.302 e. The molecule has 0 fully saturated rings. The molecular weight excluding hydrogens is 286 g/mol. The smallest absolute Gasteiger partial charge is 0.223 e. The highest BCUT2D eigenvalue weighted by Gasteiger charge is 2.17. The molecule has 1 amide bonds. The van der Waals surface area contributed by atoms with Crippen molar-refractivity contribution in [3.63, 3.8) is 0 Å². The number of amides is 1. The molecule has 0 atom stereocenters. The minimum absolute atomic E-state index is 0.0753. The highest BCUT2D eigenvalue weighted by Crippen LogP contribution is 2.21. The molecule has 0 spiro atoms. The fourth-order valence-corrected chi connectivity index (χ4v) is 3.56. The molecule has 3 rings (SSSR count). The second-order valence-electron chi connectivity index (χ2n) is 5.33. The van der Waals surface area contributed by atoms with Crippen molar-refractivity contribution in [1.82, 2.24) is 19.7 Å². The molecule has 0 radical (unpaired) electrons. The second-order valence-corrected chi connectivity index (χ2v) is 6.44. The first-order chi connectivity index (χ1) is 10.1. The second kappa shape index (κ2) is 5.95. The highest BCUT2D eigenvalue weighted by molar-refractivity contribution is 7.15. The molecule has 6 nitrogen and oxygen atoms in total. The van der Waals surface area contributed by atoms with Gasteiger partial charge in [0.25, 0.3) is 0 Å². The van der Waals surface area contributed by atoms with Crippen LogP contribution in [0, 0.1) is 0 Å². The lowest BCUT2D eigenvalue weighted by molar-refractivity contribution is -0.114. The zero-order valence-electron chi connectivity index (χ0n) is 12.3. The summed E-state index contributed by atoms with van der Waals surface area (Å²) in [6.07, 6.45) is 5.92. The standard InChI is InChI=1S/C14H19N5OS/c1-10(20)17-14-15-8-12(21-14)9-19-5-3-11-7-16-18(2)13(11)4-6-19/h7-8H,3-6,9H2,1-2H3,(H,15,17,20). The Balaban J connectivity index is 1.61. The number of fused-ring (bicyclic) bond motifs is 1. The van der Waals surface area contributed by atoms with Crippen molar-refractivity contribution in [2.75, 3.05) is 18.4 Å². The van der Waals surface area contributed by atoms with Gasteiger partial charge in [0.05, 0.1) is 6.20 Å². The summed E-state index contributed by atoms with van der Waals surface area (Å²) in [5, 5.41) is 7.74. The molecule has 0 aromatic carbocycles. The molecule has 2 aromatic heterocycles. The number of nitrogens with zero attached hydrogens (tertiary/aromatic N) is 4. The van der Waals surface area contributed by atoms with Crippen molar-refractivity contribution < 1.29 is 4.79 Å². The van der Waals surface area contributed by atoms with Crippen LogP contribution < -0.4 is 5.32 Å². The van der Waals surface area contributed by atoms with Gasteiger partial charge >= 0.3 is 0 Å². The first kappa shape index (κ1) is 14.2. The first-order valence-corrected chi connectivity index (χ1v) is 7.88. The number of nitrogens with one attached hydrogen (secondary N) is 1. The predicted octanol–water partition coefficient (Wildman–Crippen LogP) is 1.44. The van der Waals surface area contributed by atoms with Gasteiger partial charge in [-0.25, -0.2) is 4.98 Å². The Hall–Kier alpha value is -1.73. The molecule has 0 saturated carbocycles. The van der Waals surface area contributed by atoms with Gasteiger partial charge in [-0.3, -0.25) is 14.4 Å². The van der Waals surface area contributed by atoms with Crippen molar-refractivity contribution in [1.29, 1.82) is 0 Å². The lowest BCUT2D eigenvalue weighted by Gasteiger charge is -2.18. The Bertz CT molecular complexity index is 648. The molecule has 1 N–H and O–H groups in total. The molecule has 0 aliphatic carbocycles. The number of aryl methyl sites for hydroxylation is 1. The third-order valence-electron chi connectivity index (χ3n) is 3.73. The van der Waals surface area contributed by atoms with E-state index in [1.54, 1.807) is 11.3 Å². The van der Waals surface area contributed by atoms with E-state index >= 15 is 0 Å². The van der Waals surface area contributed by atoms with E-state index in [9.17, 15) is 4.79 Å². The number of aromatic nitrogens is 3. The minimum atomic E-state index is -0.0753. The van der Waals surface area contributed by atoms with Crippen LogP contribution in [-0.2, 0) is 31.2 Å². The minimum Gasteiger partial charge on any atom is -0.302 e. The SMILES string of the molecule is CC(=O)Nc1ncc(CN2CCc3cnn(C)c3CC2)s1. The maximum atomic E-state index is 11.0. The lowest BCUT2D eigenvalue weighted by Crippen LogP contribution is -2.25. The number of carbonyl (C=O) groups excluding carboxylic acids is 1. The summed E-state index contributed by atoms with van der Waals surface area (Å²) in [5.74, 6) is -0.0753. The normalized spacial score (nSPS) is 15.5. The zero-order valence-corrected chi connectivity index (χ0v) is 13.1. The molecule has 3 heterocycles. The van der Waals surface area contributed by atoms with Gasteiger partial charge in [0, 0.05) is 56.8 Å². The van der Waals surface area contributed by atoms with E-state index in [-0.39, 0.29) is 5.91 Å². The predicted molar refractivity (Wildman–Crippen MR) is 82.3 cm³/mol. The van der Waals surface area contributed by atoms with E-state index in [1.807, 2.05) is 24.1 Å². The van der Waals surface area contributed by atoms with Crippen LogP contribution in [0.5, 0.6) is 0 Å². The third kappa shape index (κ3) is 3.30. The first-order valence-electron chi connectivity index (χ1n) is 7.06. The maximum absolute atomic E-state index is 11.0. The molecular formula is C14H19N5OS. The van der Waals surface area contributed by atoms with E-state index in [1.165, 1.54) is 23.1 Å². The number of rotatable bonds is 3. The zero-order chi connectivity index (χ0) is 14.8. The number of hydrogen-bond acceptors (Lipinski definition) is 5. The van der Waals surface area contributed by atoms with Crippen molar-refractivity contribution in [2.45, 2.75) is 26.3 Å². The van der Waals surface area contributed by atoms with Crippen molar-refractivity contribution in [2.24, 2.45) is 7.05 Å². The number of anilines is 1. The van der Waals surface area contributed by atoms with Crippen LogP contribution in [-0.4, -0.2) is 38.7 Å². The molecule has 0 bridgehead atoms. The van der Waals surface area contributed by atoms with Crippen LogP contribution in [0.25, 0.3) is 0 Å².